The molecule has 0 radical (unpaired) electrons. The molecule has 1 fully saturated rings. The maximum absolute atomic E-state index is 12.7. The van der Waals surface area contributed by atoms with Crippen LogP contribution in [0.5, 0.6) is 0 Å². The van der Waals surface area contributed by atoms with Gasteiger partial charge in [-0.25, -0.2) is 4.79 Å². The van der Waals surface area contributed by atoms with Gasteiger partial charge in [-0.05, 0) is 17.7 Å². The molecule has 5 nitrogen and oxygen atoms in total. The van der Waals surface area contributed by atoms with Gasteiger partial charge in [-0.3, -0.25) is 9.69 Å². The van der Waals surface area contributed by atoms with E-state index in [1.165, 1.54) is 24.3 Å². The number of imide groups is 1. The number of carbonyl (C=O) groups is 2. The third kappa shape index (κ3) is 5.11. The number of benzene rings is 1. The molecule has 0 unspecified atom stereocenters. The summed E-state index contributed by atoms with van der Waals surface area (Å²) in [7, 11) is 0. The van der Waals surface area contributed by atoms with Crippen LogP contribution in [0.1, 0.15) is 18.0 Å². The van der Waals surface area contributed by atoms with E-state index in [9.17, 15) is 22.8 Å². The highest BCUT2D eigenvalue weighted by molar-refractivity contribution is 6.30. The predicted molar refractivity (Wildman–Crippen MR) is 78.0 cm³/mol. The third-order valence-corrected chi connectivity index (χ3v) is 3.62. The van der Waals surface area contributed by atoms with Crippen LogP contribution in [0.4, 0.5) is 18.0 Å². The fourth-order valence-electron chi connectivity index (χ4n) is 2.25. The van der Waals surface area contributed by atoms with Gasteiger partial charge in [0.05, 0.1) is 13.0 Å². The van der Waals surface area contributed by atoms with Gasteiger partial charge in [-0.2, -0.15) is 13.2 Å². The minimum atomic E-state index is -4.40. The monoisotopic (exact) mass is 349 g/mol. The van der Waals surface area contributed by atoms with Gasteiger partial charge in [0.15, 0.2) is 0 Å². The lowest BCUT2D eigenvalue weighted by molar-refractivity contribution is -0.142. The number of rotatable bonds is 5. The Hall–Kier alpha value is -1.80. The van der Waals surface area contributed by atoms with Crippen LogP contribution in [-0.4, -0.2) is 42.6 Å². The number of amides is 3. The van der Waals surface area contributed by atoms with Crippen molar-refractivity contribution >= 4 is 23.5 Å². The van der Waals surface area contributed by atoms with Crippen molar-refractivity contribution in [3.63, 3.8) is 0 Å². The molecule has 1 saturated heterocycles. The fourth-order valence-corrected chi connectivity index (χ4v) is 2.38. The molecule has 1 aliphatic rings. The highest BCUT2D eigenvalue weighted by Crippen LogP contribution is 2.30. The quantitative estimate of drug-likeness (QED) is 0.858. The molecule has 0 saturated carbocycles. The molecule has 1 aromatic carbocycles. The largest absolute Gasteiger partial charge is 0.390 e. The zero-order chi connectivity index (χ0) is 17.0. The molecule has 9 heteroatoms. The molecule has 0 aliphatic carbocycles. The van der Waals surface area contributed by atoms with Gasteiger partial charge in [0.25, 0.3) is 0 Å². The summed E-state index contributed by atoms with van der Waals surface area (Å²) in [6.45, 7) is 0.189. The summed E-state index contributed by atoms with van der Waals surface area (Å²) in [5.74, 6) is -0.568. The molecule has 0 spiro atoms. The standard InChI is InChI=1S/C14H15ClF3N3O2/c15-10-3-1-9(2-4-10)11(7-14(16,17)18)20-8-12(22)21-6-5-19-13(21)23/h1-4,11,20H,5-8H2,(H,19,23)/t11-/m1/s1. The molecule has 0 aromatic heterocycles. The molecule has 3 amide bonds. The molecule has 1 aliphatic heterocycles. The number of nitrogens with one attached hydrogen (secondary N) is 2. The second-order valence-electron chi connectivity index (χ2n) is 5.08. The van der Waals surface area contributed by atoms with Crippen molar-refractivity contribution in [2.24, 2.45) is 0 Å². The zero-order valence-electron chi connectivity index (χ0n) is 12.0. The van der Waals surface area contributed by atoms with Crippen molar-refractivity contribution in [3.05, 3.63) is 34.9 Å². The van der Waals surface area contributed by atoms with Gasteiger partial charge >= 0.3 is 12.2 Å². The van der Waals surface area contributed by atoms with Crippen LogP contribution < -0.4 is 10.6 Å². The fraction of sp³-hybridized carbons (Fsp3) is 0.429. The van der Waals surface area contributed by atoms with Crippen LogP contribution in [0.15, 0.2) is 24.3 Å². The van der Waals surface area contributed by atoms with E-state index in [1.807, 2.05) is 0 Å². The number of hydrogen-bond acceptors (Lipinski definition) is 3. The average molecular weight is 350 g/mol. The van der Waals surface area contributed by atoms with Gasteiger partial charge in [-0.1, -0.05) is 23.7 Å². The van der Waals surface area contributed by atoms with Crippen LogP contribution in [0.25, 0.3) is 0 Å². The molecular weight excluding hydrogens is 335 g/mol. The van der Waals surface area contributed by atoms with E-state index in [0.717, 1.165) is 4.90 Å². The van der Waals surface area contributed by atoms with Crippen LogP contribution in [0.3, 0.4) is 0 Å². The maximum Gasteiger partial charge on any atom is 0.390 e. The Morgan fingerprint density at radius 3 is 2.52 bits per heavy atom. The molecular formula is C14H15ClF3N3O2. The van der Waals surface area contributed by atoms with E-state index in [2.05, 4.69) is 10.6 Å². The van der Waals surface area contributed by atoms with Crippen molar-refractivity contribution in [2.75, 3.05) is 19.6 Å². The SMILES string of the molecule is O=C(CN[C@H](CC(F)(F)F)c1ccc(Cl)cc1)N1CCNC1=O. The molecule has 23 heavy (non-hydrogen) atoms. The lowest BCUT2D eigenvalue weighted by atomic mass is 10.0. The normalized spacial score (nSPS) is 16.3. The first-order chi connectivity index (χ1) is 10.8. The average Bonchev–Trinajstić information content (AvgIpc) is 2.89. The Bertz CT molecular complexity index is 578. The van der Waals surface area contributed by atoms with E-state index >= 15 is 0 Å². The van der Waals surface area contributed by atoms with Crippen molar-refractivity contribution in [1.29, 1.82) is 0 Å². The van der Waals surface area contributed by atoms with Gasteiger partial charge in [0, 0.05) is 24.2 Å². The molecule has 0 bridgehead atoms. The highest BCUT2D eigenvalue weighted by atomic mass is 35.5. The van der Waals surface area contributed by atoms with Crippen LogP contribution >= 0.6 is 11.6 Å². The molecule has 1 heterocycles. The second-order valence-corrected chi connectivity index (χ2v) is 5.52. The minimum absolute atomic E-state index is 0.213. The Morgan fingerprint density at radius 2 is 2.00 bits per heavy atom. The molecule has 126 valence electrons. The summed E-state index contributed by atoms with van der Waals surface area (Å²) >= 11 is 5.73. The third-order valence-electron chi connectivity index (χ3n) is 3.37. The molecule has 1 aromatic rings. The summed E-state index contributed by atoms with van der Waals surface area (Å²) in [6.07, 6.45) is -5.53. The first-order valence-electron chi connectivity index (χ1n) is 6.90. The van der Waals surface area contributed by atoms with E-state index in [0.29, 0.717) is 17.1 Å². The number of urea groups is 1. The van der Waals surface area contributed by atoms with Crippen molar-refractivity contribution in [1.82, 2.24) is 15.5 Å². The summed E-state index contributed by atoms with van der Waals surface area (Å²) in [4.78, 5) is 24.3. The maximum atomic E-state index is 12.7. The van der Waals surface area contributed by atoms with Crippen molar-refractivity contribution in [2.45, 2.75) is 18.6 Å². The number of alkyl halides is 3. The number of carbonyl (C=O) groups excluding carboxylic acids is 2. The first kappa shape index (κ1) is 17.6. The lowest BCUT2D eigenvalue weighted by Gasteiger charge is -2.22. The molecule has 1 atom stereocenters. The molecule has 2 rings (SSSR count). The Balaban J connectivity index is 2.04. The van der Waals surface area contributed by atoms with Crippen LogP contribution in [-0.2, 0) is 4.79 Å². The Labute approximate surface area is 135 Å². The van der Waals surface area contributed by atoms with E-state index in [1.54, 1.807) is 0 Å². The lowest BCUT2D eigenvalue weighted by Crippen LogP contribution is -2.41. The highest BCUT2D eigenvalue weighted by Gasteiger charge is 2.33. The number of hydrogen-bond donors (Lipinski definition) is 2. The summed E-state index contributed by atoms with van der Waals surface area (Å²) in [5.41, 5.74) is 0.366. The Kier molecular flexibility index (Phi) is 5.48. The smallest absolute Gasteiger partial charge is 0.336 e. The summed E-state index contributed by atoms with van der Waals surface area (Å²) < 4.78 is 38.2. The predicted octanol–water partition coefficient (Wildman–Crippen LogP) is 2.47. The number of halogens is 4. The van der Waals surface area contributed by atoms with Crippen LogP contribution in [0, 0.1) is 0 Å². The first-order valence-corrected chi connectivity index (χ1v) is 7.28. The second kappa shape index (κ2) is 7.18. The minimum Gasteiger partial charge on any atom is -0.336 e. The number of nitrogens with zero attached hydrogens (tertiary/aromatic N) is 1. The van der Waals surface area contributed by atoms with Gasteiger partial charge < -0.3 is 10.6 Å². The summed E-state index contributed by atoms with van der Waals surface area (Å²) in [5, 5.41) is 5.44. The van der Waals surface area contributed by atoms with Gasteiger partial charge in [0.1, 0.15) is 0 Å². The van der Waals surface area contributed by atoms with E-state index < -0.39 is 30.6 Å². The van der Waals surface area contributed by atoms with E-state index in [4.69, 9.17) is 11.6 Å². The molecule has 2 N–H and O–H groups in total. The van der Waals surface area contributed by atoms with Gasteiger partial charge in [-0.15, -0.1) is 0 Å². The Morgan fingerprint density at radius 1 is 1.35 bits per heavy atom. The zero-order valence-corrected chi connectivity index (χ0v) is 12.7. The topological polar surface area (TPSA) is 61.4 Å². The van der Waals surface area contributed by atoms with E-state index in [-0.39, 0.29) is 13.1 Å². The van der Waals surface area contributed by atoms with Crippen LogP contribution in [0.2, 0.25) is 5.02 Å². The van der Waals surface area contributed by atoms with Crippen molar-refractivity contribution in [3.8, 4) is 0 Å². The summed E-state index contributed by atoms with van der Waals surface area (Å²) in [6, 6.07) is 4.28. The van der Waals surface area contributed by atoms with Gasteiger partial charge in [0.2, 0.25) is 5.91 Å². The van der Waals surface area contributed by atoms with Crippen molar-refractivity contribution < 1.29 is 22.8 Å².